The second-order valence-corrected chi connectivity index (χ2v) is 8.46. The molecular formula is C23H21FN4O2S. The van der Waals surface area contributed by atoms with Crippen molar-refractivity contribution >= 4 is 39.1 Å². The number of rotatable bonds is 5. The summed E-state index contributed by atoms with van der Waals surface area (Å²) >= 11 is 1.35. The number of hydrogen-bond acceptors (Lipinski definition) is 4. The number of fused-ring (bicyclic) bond motifs is 1. The zero-order chi connectivity index (χ0) is 22.1. The Bertz CT molecular complexity index is 1270. The first-order chi connectivity index (χ1) is 14.8. The van der Waals surface area contributed by atoms with Crippen LogP contribution in [0.25, 0.3) is 10.2 Å². The van der Waals surface area contributed by atoms with Gasteiger partial charge in [-0.2, -0.15) is 5.10 Å². The maximum absolute atomic E-state index is 13.2. The molecule has 2 aromatic carbocycles. The van der Waals surface area contributed by atoms with Crippen LogP contribution >= 0.6 is 11.3 Å². The highest BCUT2D eigenvalue weighted by Gasteiger charge is 2.17. The molecule has 2 amide bonds. The molecule has 8 heteroatoms. The van der Waals surface area contributed by atoms with Crippen LogP contribution in [0.15, 0.2) is 54.6 Å². The molecule has 0 aliphatic rings. The van der Waals surface area contributed by atoms with Gasteiger partial charge in [0.25, 0.3) is 11.8 Å². The number of benzene rings is 2. The molecule has 0 radical (unpaired) electrons. The average Bonchev–Trinajstić information content (AvgIpc) is 3.31. The van der Waals surface area contributed by atoms with E-state index in [0.29, 0.717) is 22.7 Å². The summed E-state index contributed by atoms with van der Waals surface area (Å²) in [6.45, 7) is 2.38. The number of thiophene rings is 1. The Morgan fingerprint density at radius 1 is 1.13 bits per heavy atom. The highest BCUT2D eigenvalue weighted by atomic mass is 32.1. The van der Waals surface area contributed by atoms with E-state index in [0.717, 1.165) is 21.5 Å². The Hall–Kier alpha value is -3.52. The van der Waals surface area contributed by atoms with Crippen molar-refractivity contribution < 1.29 is 14.0 Å². The van der Waals surface area contributed by atoms with Gasteiger partial charge in [-0.15, -0.1) is 11.3 Å². The largest absolute Gasteiger partial charge is 0.345 e. The fourth-order valence-electron chi connectivity index (χ4n) is 3.28. The van der Waals surface area contributed by atoms with Gasteiger partial charge < -0.3 is 10.2 Å². The highest BCUT2D eigenvalue weighted by Crippen LogP contribution is 2.29. The van der Waals surface area contributed by atoms with Crippen LogP contribution in [0.2, 0.25) is 0 Å². The Morgan fingerprint density at radius 2 is 1.87 bits per heavy atom. The van der Waals surface area contributed by atoms with Crippen molar-refractivity contribution in [2.75, 3.05) is 19.4 Å². The molecule has 4 rings (SSSR count). The normalized spacial score (nSPS) is 11.0. The molecule has 0 spiro atoms. The van der Waals surface area contributed by atoms with Crippen molar-refractivity contribution in [2.24, 2.45) is 0 Å². The second-order valence-electron chi connectivity index (χ2n) is 7.43. The summed E-state index contributed by atoms with van der Waals surface area (Å²) < 4.78 is 15.0. The summed E-state index contributed by atoms with van der Waals surface area (Å²) in [5.41, 5.74) is 2.81. The number of amides is 2. The molecule has 4 aromatic rings. The second kappa shape index (κ2) is 8.31. The van der Waals surface area contributed by atoms with E-state index in [2.05, 4.69) is 10.4 Å². The van der Waals surface area contributed by atoms with Crippen LogP contribution in [0, 0.1) is 12.7 Å². The van der Waals surface area contributed by atoms with Crippen LogP contribution in [0.5, 0.6) is 0 Å². The average molecular weight is 437 g/mol. The number of nitrogens with zero attached hydrogens (tertiary/aromatic N) is 3. The van der Waals surface area contributed by atoms with Crippen LogP contribution < -0.4 is 5.32 Å². The van der Waals surface area contributed by atoms with Crippen LogP contribution in [-0.2, 0) is 6.54 Å². The third-order valence-electron chi connectivity index (χ3n) is 4.85. The van der Waals surface area contributed by atoms with E-state index in [1.807, 2.05) is 17.7 Å². The third kappa shape index (κ3) is 4.34. The number of nitrogens with one attached hydrogen (secondary N) is 1. The molecule has 0 aliphatic heterocycles. The molecule has 0 unspecified atom stereocenters. The predicted molar refractivity (Wildman–Crippen MR) is 120 cm³/mol. The zero-order valence-corrected chi connectivity index (χ0v) is 18.2. The Morgan fingerprint density at radius 3 is 2.58 bits per heavy atom. The van der Waals surface area contributed by atoms with Gasteiger partial charge in [0.15, 0.2) is 0 Å². The Labute approximate surface area is 182 Å². The Kier molecular flexibility index (Phi) is 5.56. The SMILES string of the molecule is Cc1nn(Cc2ccc(F)cc2)c2sc(C(=O)Nc3cccc(C(=O)N(C)C)c3)cc12. The lowest BCUT2D eigenvalue weighted by Gasteiger charge is -2.11. The summed E-state index contributed by atoms with van der Waals surface area (Å²) in [7, 11) is 3.37. The monoisotopic (exact) mass is 436 g/mol. The Balaban J connectivity index is 1.57. The fourth-order valence-corrected chi connectivity index (χ4v) is 4.33. The molecule has 0 saturated heterocycles. The van der Waals surface area contributed by atoms with Crippen molar-refractivity contribution in [3.8, 4) is 0 Å². The summed E-state index contributed by atoms with van der Waals surface area (Å²) in [6, 6.07) is 15.0. The standard InChI is InChI=1S/C23H21FN4O2S/c1-14-19-12-20(21(29)25-18-6-4-5-16(11-18)22(30)27(2)3)31-23(19)28(26-14)13-15-7-9-17(24)10-8-15/h4-12H,13H2,1-3H3,(H,25,29). The number of anilines is 1. The molecule has 0 fully saturated rings. The highest BCUT2D eigenvalue weighted by molar-refractivity contribution is 7.20. The number of carbonyl (C=O) groups excluding carboxylic acids is 2. The van der Waals surface area contributed by atoms with Crippen molar-refractivity contribution in [3.63, 3.8) is 0 Å². The van der Waals surface area contributed by atoms with E-state index in [-0.39, 0.29) is 17.6 Å². The minimum absolute atomic E-state index is 0.130. The lowest BCUT2D eigenvalue weighted by atomic mass is 10.2. The first-order valence-corrected chi connectivity index (χ1v) is 10.5. The van der Waals surface area contributed by atoms with Crippen molar-refractivity contribution in [1.82, 2.24) is 14.7 Å². The maximum atomic E-state index is 13.2. The number of halogens is 1. The topological polar surface area (TPSA) is 67.2 Å². The van der Waals surface area contributed by atoms with Gasteiger partial charge in [0.05, 0.1) is 17.1 Å². The van der Waals surface area contributed by atoms with E-state index in [1.165, 1.54) is 28.4 Å². The van der Waals surface area contributed by atoms with Crippen LogP contribution in [0.3, 0.4) is 0 Å². The number of aryl methyl sites for hydroxylation is 1. The van der Waals surface area contributed by atoms with Gasteiger partial charge in [0.1, 0.15) is 10.6 Å². The summed E-state index contributed by atoms with van der Waals surface area (Å²) in [5.74, 6) is -0.658. The molecule has 158 valence electrons. The first kappa shape index (κ1) is 20.7. The van der Waals surface area contributed by atoms with Crippen molar-refractivity contribution in [1.29, 1.82) is 0 Å². The quantitative estimate of drug-likeness (QED) is 0.499. The molecule has 31 heavy (non-hydrogen) atoms. The minimum atomic E-state index is -0.281. The summed E-state index contributed by atoms with van der Waals surface area (Å²) in [5, 5.41) is 8.34. The van der Waals surface area contributed by atoms with Gasteiger partial charge in [-0.25, -0.2) is 4.39 Å². The molecule has 0 atom stereocenters. The maximum Gasteiger partial charge on any atom is 0.265 e. The lowest BCUT2D eigenvalue weighted by Crippen LogP contribution is -2.21. The van der Waals surface area contributed by atoms with Gasteiger partial charge in [0, 0.05) is 30.7 Å². The summed E-state index contributed by atoms with van der Waals surface area (Å²) in [4.78, 5) is 27.9. The molecule has 0 bridgehead atoms. The molecule has 2 aromatic heterocycles. The van der Waals surface area contributed by atoms with Crippen LogP contribution in [-0.4, -0.2) is 40.6 Å². The molecule has 1 N–H and O–H groups in total. The first-order valence-electron chi connectivity index (χ1n) is 9.66. The van der Waals surface area contributed by atoms with Gasteiger partial charge in [-0.1, -0.05) is 18.2 Å². The molecule has 0 aliphatic carbocycles. The van der Waals surface area contributed by atoms with Crippen LogP contribution in [0.1, 0.15) is 31.3 Å². The lowest BCUT2D eigenvalue weighted by molar-refractivity contribution is 0.0827. The summed E-state index contributed by atoms with van der Waals surface area (Å²) in [6.07, 6.45) is 0. The molecular weight excluding hydrogens is 415 g/mol. The van der Waals surface area contributed by atoms with Crippen molar-refractivity contribution in [2.45, 2.75) is 13.5 Å². The van der Waals surface area contributed by atoms with E-state index >= 15 is 0 Å². The molecule has 0 saturated carbocycles. The van der Waals surface area contributed by atoms with Gasteiger partial charge in [-0.3, -0.25) is 14.3 Å². The van der Waals surface area contributed by atoms with E-state index in [1.54, 1.807) is 50.5 Å². The molecule has 2 heterocycles. The predicted octanol–water partition coefficient (Wildman–Crippen LogP) is 4.55. The molecule has 6 nitrogen and oxygen atoms in total. The van der Waals surface area contributed by atoms with Crippen LogP contribution in [0.4, 0.5) is 10.1 Å². The van der Waals surface area contributed by atoms with E-state index < -0.39 is 0 Å². The van der Waals surface area contributed by atoms with E-state index in [4.69, 9.17) is 0 Å². The number of carbonyl (C=O) groups is 2. The van der Waals surface area contributed by atoms with Gasteiger partial charge in [0.2, 0.25) is 0 Å². The zero-order valence-electron chi connectivity index (χ0n) is 17.3. The van der Waals surface area contributed by atoms with E-state index in [9.17, 15) is 14.0 Å². The van der Waals surface area contributed by atoms with Crippen molar-refractivity contribution in [3.05, 3.63) is 82.1 Å². The number of hydrogen-bond donors (Lipinski definition) is 1. The smallest absolute Gasteiger partial charge is 0.265 e. The minimum Gasteiger partial charge on any atom is -0.345 e. The number of aromatic nitrogens is 2. The van der Waals surface area contributed by atoms with Gasteiger partial charge >= 0.3 is 0 Å². The van der Waals surface area contributed by atoms with Gasteiger partial charge in [-0.05, 0) is 48.9 Å². The third-order valence-corrected chi connectivity index (χ3v) is 6.00. The fraction of sp³-hybridized carbons (Fsp3) is 0.174.